The summed E-state index contributed by atoms with van der Waals surface area (Å²) in [5.74, 6) is 0.673. The van der Waals surface area contributed by atoms with E-state index in [9.17, 15) is 13.6 Å². The zero-order valence-corrected chi connectivity index (χ0v) is 18.2. The third kappa shape index (κ3) is 7.11. The second-order valence-electron chi connectivity index (χ2n) is 6.95. The number of halogens is 3. The van der Waals surface area contributed by atoms with Gasteiger partial charge in [-0.1, -0.05) is 0 Å². The predicted octanol–water partition coefficient (Wildman–Crippen LogP) is 2.57. The SMILES string of the molecule is CCNC(=NCc1nccn1C(F)F)NC1CN(C(=O)OC(C)(C)C)C1.I. The molecule has 0 aromatic carbocycles. The summed E-state index contributed by atoms with van der Waals surface area (Å²) in [6.45, 7) is 6.35. The first-order valence-electron chi connectivity index (χ1n) is 8.52. The molecular formula is C16H27F2IN6O2. The molecule has 1 aliphatic rings. The van der Waals surface area contributed by atoms with E-state index >= 15 is 0 Å². The molecule has 0 unspecified atom stereocenters. The minimum atomic E-state index is -2.65. The molecule has 0 bridgehead atoms. The number of imidazole rings is 1. The Morgan fingerprint density at radius 2 is 2.11 bits per heavy atom. The van der Waals surface area contributed by atoms with Gasteiger partial charge in [-0.25, -0.2) is 14.8 Å². The summed E-state index contributed by atoms with van der Waals surface area (Å²) in [4.78, 5) is 21.7. The van der Waals surface area contributed by atoms with Crippen molar-refractivity contribution in [2.75, 3.05) is 19.6 Å². The van der Waals surface area contributed by atoms with Crippen molar-refractivity contribution in [2.45, 2.75) is 52.4 Å². The van der Waals surface area contributed by atoms with Gasteiger partial charge in [0.25, 0.3) is 0 Å². The number of amides is 1. The number of hydrogen-bond donors (Lipinski definition) is 2. The van der Waals surface area contributed by atoms with Crippen LogP contribution in [0.2, 0.25) is 0 Å². The summed E-state index contributed by atoms with van der Waals surface area (Å²) in [5, 5.41) is 6.23. The largest absolute Gasteiger partial charge is 0.444 e. The van der Waals surface area contributed by atoms with Crippen LogP contribution in [0.15, 0.2) is 17.4 Å². The molecule has 0 atom stereocenters. The maximum Gasteiger partial charge on any atom is 0.410 e. The Morgan fingerprint density at radius 1 is 1.44 bits per heavy atom. The Morgan fingerprint density at radius 3 is 2.67 bits per heavy atom. The van der Waals surface area contributed by atoms with Crippen LogP contribution in [0.25, 0.3) is 0 Å². The van der Waals surface area contributed by atoms with E-state index in [1.54, 1.807) is 4.90 Å². The van der Waals surface area contributed by atoms with Gasteiger partial charge in [0, 0.05) is 32.0 Å². The normalized spacial score (nSPS) is 15.2. The molecule has 1 aromatic heterocycles. The number of hydrogen-bond acceptors (Lipinski definition) is 4. The summed E-state index contributed by atoms with van der Waals surface area (Å²) < 4.78 is 31.8. The summed E-state index contributed by atoms with van der Waals surface area (Å²) in [6, 6.07) is 0.0233. The molecule has 0 aliphatic carbocycles. The van der Waals surface area contributed by atoms with Gasteiger partial charge in [-0.15, -0.1) is 24.0 Å². The van der Waals surface area contributed by atoms with E-state index in [1.807, 2.05) is 27.7 Å². The molecule has 1 aliphatic heterocycles. The topological polar surface area (TPSA) is 83.8 Å². The first-order valence-corrected chi connectivity index (χ1v) is 8.52. The fourth-order valence-corrected chi connectivity index (χ4v) is 2.35. The van der Waals surface area contributed by atoms with Gasteiger partial charge >= 0.3 is 12.6 Å². The van der Waals surface area contributed by atoms with E-state index < -0.39 is 12.2 Å². The first kappa shape index (κ1) is 23.4. The second kappa shape index (κ2) is 10.0. The Hall–Kier alpha value is -1.66. The quantitative estimate of drug-likeness (QED) is 0.369. The Labute approximate surface area is 174 Å². The molecule has 27 heavy (non-hydrogen) atoms. The van der Waals surface area contributed by atoms with Crippen molar-refractivity contribution in [1.29, 1.82) is 0 Å². The van der Waals surface area contributed by atoms with Gasteiger partial charge in [0.1, 0.15) is 18.0 Å². The number of aromatic nitrogens is 2. The molecular weight excluding hydrogens is 473 g/mol. The highest BCUT2D eigenvalue weighted by Gasteiger charge is 2.34. The lowest BCUT2D eigenvalue weighted by atomic mass is 10.1. The number of nitrogens with one attached hydrogen (secondary N) is 2. The molecule has 0 spiro atoms. The predicted molar refractivity (Wildman–Crippen MR) is 108 cm³/mol. The summed E-state index contributed by atoms with van der Waals surface area (Å²) in [6.07, 6.45) is 2.19. The Balaban J connectivity index is 0.00000364. The average molecular weight is 500 g/mol. The molecule has 8 nitrogen and oxygen atoms in total. The number of likely N-dealkylation sites (tertiary alicyclic amines) is 1. The van der Waals surface area contributed by atoms with E-state index in [4.69, 9.17) is 4.74 Å². The molecule has 1 amide bonds. The van der Waals surface area contributed by atoms with Gasteiger partial charge in [0.2, 0.25) is 0 Å². The number of ether oxygens (including phenoxy) is 1. The van der Waals surface area contributed by atoms with E-state index in [-0.39, 0.29) is 48.5 Å². The van der Waals surface area contributed by atoms with Gasteiger partial charge in [-0.2, -0.15) is 8.78 Å². The van der Waals surface area contributed by atoms with Crippen LogP contribution in [-0.4, -0.2) is 57.8 Å². The number of nitrogens with zero attached hydrogens (tertiary/aromatic N) is 4. The van der Waals surface area contributed by atoms with E-state index in [0.717, 1.165) is 4.57 Å². The number of carbonyl (C=O) groups is 1. The van der Waals surface area contributed by atoms with Gasteiger partial charge < -0.3 is 20.3 Å². The molecule has 1 fully saturated rings. The monoisotopic (exact) mass is 500 g/mol. The van der Waals surface area contributed by atoms with Crippen LogP contribution in [0, 0.1) is 0 Å². The average Bonchev–Trinajstić information content (AvgIpc) is 2.94. The first-order chi connectivity index (χ1) is 12.2. The molecule has 2 heterocycles. The molecule has 1 aromatic rings. The van der Waals surface area contributed by atoms with Crippen molar-refractivity contribution >= 4 is 36.0 Å². The number of alkyl halides is 2. The number of carbonyl (C=O) groups excluding carboxylic acids is 1. The number of guanidine groups is 1. The lowest BCUT2D eigenvalue weighted by Crippen LogP contribution is -2.63. The molecule has 2 N–H and O–H groups in total. The molecule has 0 saturated carbocycles. The molecule has 2 rings (SSSR count). The van der Waals surface area contributed by atoms with E-state index in [1.165, 1.54) is 12.4 Å². The minimum Gasteiger partial charge on any atom is -0.444 e. The molecule has 0 radical (unpaired) electrons. The molecule has 11 heteroatoms. The van der Waals surface area contributed by atoms with E-state index in [2.05, 4.69) is 20.6 Å². The molecule has 154 valence electrons. The second-order valence-corrected chi connectivity index (χ2v) is 6.95. The highest BCUT2D eigenvalue weighted by atomic mass is 127. The van der Waals surface area contributed by atoms with Crippen LogP contribution < -0.4 is 10.6 Å². The van der Waals surface area contributed by atoms with Crippen LogP contribution in [0.1, 0.15) is 40.1 Å². The standard InChI is InChI=1S/C16H26F2N6O2.HI/c1-5-19-14(21-8-12-20-6-7-24(12)13(17)18)22-11-9-23(10-11)15(25)26-16(2,3)4;/h6-7,11,13H,5,8-10H2,1-4H3,(H2,19,21,22);1H. The zero-order chi connectivity index (χ0) is 19.3. The van der Waals surface area contributed by atoms with Gasteiger partial charge in [-0.3, -0.25) is 4.57 Å². The van der Waals surface area contributed by atoms with Crippen LogP contribution in [0.3, 0.4) is 0 Å². The summed E-state index contributed by atoms with van der Waals surface area (Å²) in [5.41, 5.74) is -0.529. The van der Waals surface area contributed by atoms with Gasteiger partial charge in [-0.05, 0) is 27.7 Å². The smallest absolute Gasteiger partial charge is 0.410 e. The Bertz CT molecular complexity index is 641. The minimum absolute atomic E-state index is 0. The van der Waals surface area contributed by atoms with E-state index in [0.29, 0.717) is 25.6 Å². The lowest BCUT2D eigenvalue weighted by Gasteiger charge is -2.40. The van der Waals surface area contributed by atoms with Crippen LogP contribution in [0.5, 0.6) is 0 Å². The summed E-state index contributed by atoms with van der Waals surface area (Å²) >= 11 is 0. The maximum atomic E-state index is 12.8. The fraction of sp³-hybridized carbons (Fsp3) is 0.688. The molecule has 1 saturated heterocycles. The zero-order valence-electron chi connectivity index (χ0n) is 15.9. The van der Waals surface area contributed by atoms with Crippen molar-refractivity contribution in [3.63, 3.8) is 0 Å². The van der Waals surface area contributed by atoms with Crippen molar-refractivity contribution in [3.05, 3.63) is 18.2 Å². The lowest BCUT2D eigenvalue weighted by molar-refractivity contribution is 0.00700. The van der Waals surface area contributed by atoms with Gasteiger partial charge in [0.05, 0.1) is 6.04 Å². The van der Waals surface area contributed by atoms with Crippen LogP contribution in [0.4, 0.5) is 13.6 Å². The maximum absolute atomic E-state index is 12.8. The summed E-state index contributed by atoms with van der Waals surface area (Å²) in [7, 11) is 0. The third-order valence-electron chi connectivity index (χ3n) is 3.56. The van der Waals surface area contributed by atoms with Crippen molar-refractivity contribution in [3.8, 4) is 0 Å². The highest BCUT2D eigenvalue weighted by Crippen LogP contribution is 2.15. The van der Waals surface area contributed by atoms with Crippen molar-refractivity contribution in [2.24, 2.45) is 4.99 Å². The highest BCUT2D eigenvalue weighted by molar-refractivity contribution is 14.0. The van der Waals surface area contributed by atoms with Gasteiger partial charge in [0.15, 0.2) is 5.96 Å². The third-order valence-corrected chi connectivity index (χ3v) is 3.56. The number of aliphatic imine (C=N–C) groups is 1. The van der Waals surface area contributed by atoms with Crippen LogP contribution in [-0.2, 0) is 11.3 Å². The van der Waals surface area contributed by atoms with Crippen LogP contribution >= 0.6 is 24.0 Å². The van der Waals surface area contributed by atoms with Crippen molar-refractivity contribution < 1.29 is 18.3 Å². The fourth-order valence-electron chi connectivity index (χ4n) is 2.35. The number of rotatable bonds is 5. The Kier molecular flexibility index (Phi) is 8.69. The van der Waals surface area contributed by atoms with Crippen molar-refractivity contribution in [1.82, 2.24) is 25.1 Å².